The second kappa shape index (κ2) is 4.92. The number of aromatic nitrogens is 3. The first-order chi connectivity index (χ1) is 8.20. The zero-order chi connectivity index (χ0) is 12.3. The second-order valence-corrected chi connectivity index (χ2v) is 3.79. The molecule has 0 saturated carbocycles. The molecule has 2 aromatic heterocycles. The smallest absolute Gasteiger partial charge is 0.259 e. The average Bonchev–Trinajstić information content (AvgIpc) is 2.80. The molecular formula is C11H14N4O2. The molecule has 0 fully saturated rings. The second-order valence-electron chi connectivity index (χ2n) is 3.79. The largest absolute Gasteiger partial charge is 0.334 e. The van der Waals surface area contributed by atoms with Crippen LogP contribution in [0.3, 0.4) is 0 Å². The van der Waals surface area contributed by atoms with Gasteiger partial charge in [-0.25, -0.2) is 0 Å². The van der Waals surface area contributed by atoms with Crippen molar-refractivity contribution in [3.8, 4) is 11.5 Å². The van der Waals surface area contributed by atoms with E-state index in [1.165, 1.54) is 12.3 Å². The third kappa shape index (κ3) is 2.59. The minimum absolute atomic E-state index is 0.170. The molecule has 0 aliphatic carbocycles. The maximum Gasteiger partial charge on any atom is 0.259 e. The summed E-state index contributed by atoms with van der Waals surface area (Å²) in [7, 11) is 0. The topological polar surface area (TPSA) is 97.8 Å². The quantitative estimate of drug-likeness (QED) is 0.828. The lowest BCUT2D eigenvalue weighted by Crippen LogP contribution is -2.11. The first-order valence-electron chi connectivity index (χ1n) is 5.49. The van der Waals surface area contributed by atoms with Crippen LogP contribution in [0.25, 0.3) is 11.5 Å². The van der Waals surface area contributed by atoms with Gasteiger partial charge in [-0.2, -0.15) is 4.98 Å². The average molecular weight is 234 g/mol. The predicted octanol–water partition coefficient (Wildman–Crippen LogP) is 1.22. The van der Waals surface area contributed by atoms with Gasteiger partial charge in [0.15, 0.2) is 5.82 Å². The van der Waals surface area contributed by atoms with Crippen molar-refractivity contribution < 1.29 is 4.52 Å². The number of nitrogens with one attached hydrogen (secondary N) is 1. The Balaban J connectivity index is 2.23. The molecule has 0 saturated heterocycles. The molecular weight excluding hydrogens is 220 g/mol. The highest BCUT2D eigenvalue weighted by Gasteiger charge is 2.14. The Kier molecular flexibility index (Phi) is 3.34. The Morgan fingerprint density at radius 3 is 3.00 bits per heavy atom. The highest BCUT2D eigenvalue weighted by molar-refractivity contribution is 5.50. The van der Waals surface area contributed by atoms with E-state index in [-0.39, 0.29) is 11.6 Å². The highest BCUT2D eigenvalue weighted by atomic mass is 16.5. The summed E-state index contributed by atoms with van der Waals surface area (Å²) in [4.78, 5) is 17.7. The van der Waals surface area contributed by atoms with Crippen molar-refractivity contribution in [3.63, 3.8) is 0 Å². The van der Waals surface area contributed by atoms with Gasteiger partial charge in [-0.05, 0) is 12.5 Å². The number of rotatable bonds is 4. The molecule has 0 spiro atoms. The van der Waals surface area contributed by atoms with Crippen molar-refractivity contribution in [3.05, 3.63) is 34.5 Å². The van der Waals surface area contributed by atoms with Crippen molar-refractivity contribution in [1.82, 2.24) is 15.1 Å². The molecule has 0 bridgehead atoms. The molecule has 2 rings (SSSR count). The van der Waals surface area contributed by atoms with Gasteiger partial charge in [0.05, 0.1) is 11.6 Å². The number of nitrogens with zero attached hydrogens (tertiary/aromatic N) is 2. The molecule has 0 radical (unpaired) electrons. The van der Waals surface area contributed by atoms with Gasteiger partial charge in [0.1, 0.15) is 0 Å². The number of nitrogens with two attached hydrogens (primary N) is 1. The van der Waals surface area contributed by atoms with Crippen LogP contribution in [0, 0.1) is 0 Å². The van der Waals surface area contributed by atoms with Gasteiger partial charge in [-0.15, -0.1) is 0 Å². The highest BCUT2D eigenvalue weighted by Crippen LogP contribution is 2.18. The Hall–Kier alpha value is -1.95. The summed E-state index contributed by atoms with van der Waals surface area (Å²) in [6, 6.07) is 2.83. The number of hydrogen-bond acceptors (Lipinski definition) is 5. The molecule has 0 aliphatic rings. The summed E-state index contributed by atoms with van der Waals surface area (Å²) in [6.45, 7) is 2.04. The van der Waals surface area contributed by atoms with E-state index >= 15 is 0 Å². The fraction of sp³-hybridized carbons (Fsp3) is 0.364. The first-order valence-corrected chi connectivity index (χ1v) is 5.49. The van der Waals surface area contributed by atoms with Crippen LogP contribution >= 0.6 is 0 Å². The maximum atomic E-state index is 10.9. The third-order valence-electron chi connectivity index (χ3n) is 2.40. The number of hydrogen-bond donors (Lipinski definition) is 2. The molecule has 90 valence electrons. The summed E-state index contributed by atoms with van der Waals surface area (Å²) >= 11 is 0. The van der Waals surface area contributed by atoms with E-state index in [0.717, 1.165) is 12.8 Å². The minimum atomic E-state index is -0.208. The van der Waals surface area contributed by atoms with Crippen LogP contribution in [0.4, 0.5) is 0 Å². The van der Waals surface area contributed by atoms with E-state index in [2.05, 4.69) is 15.1 Å². The predicted molar refractivity (Wildman–Crippen MR) is 62.2 cm³/mol. The Bertz CT molecular complexity index is 526. The van der Waals surface area contributed by atoms with E-state index in [0.29, 0.717) is 17.3 Å². The van der Waals surface area contributed by atoms with Gasteiger partial charge in [-0.1, -0.05) is 18.5 Å². The molecule has 1 unspecified atom stereocenters. The molecule has 17 heavy (non-hydrogen) atoms. The van der Waals surface area contributed by atoms with Crippen molar-refractivity contribution in [1.29, 1.82) is 0 Å². The van der Waals surface area contributed by atoms with Crippen molar-refractivity contribution in [2.45, 2.75) is 25.8 Å². The molecule has 6 heteroatoms. The SMILES string of the molecule is CCCC(N)c1noc(-c2ccc(=O)[nH]c2)n1. The summed E-state index contributed by atoms with van der Waals surface area (Å²) in [5.74, 6) is 0.857. The van der Waals surface area contributed by atoms with E-state index in [4.69, 9.17) is 10.3 Å². The van der Waals surface area contributed by atoms with Gasteiger partial charge < -0.3 is 15.2 Å². The zero-order valence-corrected chi connectivity index (χ0v) is 9.51. The molecule has 0 aromatic carbocycles. The normalized spacial score (nSPS) is 12.6. The van der Waals surface area contributed by atoms with Crippen LogP contribution in [0.15, 0.2) is 27.6 Å². The first kappa shape index (κ1) is 11.5. The number of pyridine rings is 1. The molecule has 2 heterocycles. The molecule has 1 atom stereocenters. The van der Waals surface area contributed by atoms with Crippen LogP contribution in [-0.2, 0) is 0 Å². The molecule has 0 amide bonds. The van der Waals surface area contributed by atoms with Crippen molar-refractivity contribution >= 4 is 0 Å². The molecule has 0 aliphatic heterocycles. The summed E-state index contributed by atoms with van der Waals surface area (Å²) in [5.41, 5.74) is 6.38. The number of H-pyrrole nitrogens is 1. The third-order valence-corrected chi connectivity index (χ3v) is 2.40. The van der Waals surface area contributed by atoms with Crippen LogP contribution in [0.1, 0.15) is 31.6 Å². The van der Waals surface area contributed by atoms with Crippen molar-refractivity contribution in [2.24, 2.45) is 5.73 Å². The van der Waals surface area contributed by atoms with Crippen LogP contribution < -0.4 is 11.3 Å². The van der Waals surface area contributed by atoms with Crippen LogP contribution in [0.5, 0.6) is 0 Å². The van der Waals surface area contributed by atoms with Gasteiger partial charge in [0.25, 0.3) is 5.89 Å². The summed E-state index contributed by atoms with van der Waals surface area (Å²) in [6.07, 6.45) is 3.30. The van der Waals surface area contributed by atoms with Crippen LogP contribution in [-0.4, -0.2) is 15.1 Å². The van der Waals surface area contributed by atoms with Crippen molar-refractivity contribution in [2.75, 3.05) is 0 Å². The lowest BCUT2D eigenvalue weighted by Gasteiger charge is -2.02. The van der Waals surface area contributed by atoms with E-state index < -0.39 is 0 Å². The molecule has 6 nitrogen and oxygen atoms in total. The summed E-state index contributed by atoms with van der Waals surface area (Å²) in [5, 5.41) is 3.83. The molecule has 3 N–H and O–H groups in total. The molecule has 2 aromatic rings. The monoisotopic (exact) mass is 234 g/mol. The standard InChI is InChI=1S/C11H14N4O2/c1-2-3-8(12)10-14-11(17-15-10)7-4-5-9(16)13-6-7/h4-6,8H,2-3,12H2,1H3,(H,13,16). The summed E-state index contributed by atoms with van der Waals surface area (Å²) < 4.78 is 5.09. The fourth-order valence-corrected chi connectivity index (χ4v) is 1.49. The lowest BCUT2D eigenvalue weighted by molar-refractivity contribution is 0.413. The Morgan fingerprint density at radius 1 is 1.53 bits per heavy atom. The number of aromatic amines is 1. The Labute approximate surface area is 97.9 Å². The lowest BCUT2D eigenvalue weighted by atomic mass is 10.2. The fourth-order valence-electron chi connectivity index (χ4n) is 1.49. The van der Waals surface area contributed by atoms with E-state index in [9.17, 15) is 4.79 Å². The minimum Gasteiger partial charge on any atom is -0.334 e. The van der Waals surface area contributed by atoms with Gasteiger partial charge in [0.2, 0.25) is 5.56 Å². The van der Waals surface area contributed by atoms with E-state index in [1.54, 1.807) is 6.07 Å². The Morgan fingerprint density at radius 2 is 2.35 bits per heavy atom. The van der Waals surface area contributed by atoms with Crippen LogP contribution in [0.2, 0.25) is 0 Å². The van der Waals surface area contributed by atoms with Gasteiger partial charge >= 0.3 is 0 Å². The van der Waals surface area contributed by atoms with Gasteiger partial charge in [-0.3, -0.25) is 4.79 Å². The van der Waals surface area contributed by atoms with E-state index in [1.807, 2.05) is 6.92 Å². The zero-order valence-electron chi connectivity index (χ0n) is 9.51. The van der Waals surface area contributed by atoms with Gasteiger partial charge in [0, 0.05) is 12.3 Å². The maximum absolute atomic E-state index is 10.9.